The van der Waals surface area contributed by atoms with E-state index < -0.39 is 0 Å². The molecule has 2 heterocycles. The molecular weight excluding hydrogens is 390 g/mol. The van der Waals surface area contributed by atoms with E-state index in [9.17, 15) is 4.79 Å². The highest BCUT2D eigenvalue weighted by molar-refractivity contribution is 7.99. The van der Waals surface area contributed by atoms with Crippen LogP contribution >= 0.6 is 23.4 Å². The molecule has 1 aliphatic heterocycles. The first kappa shape index (κ1) is 19.6. The molecule has 2 aromatic carbocycles. The third-order valence-electron chi connectivity index (χ3n) is 5.51. The molecule has 1 N–H and O–H groups in total. The summed E-state index contributed by atoms with van der Waals surface area (Å²) < 4.78 is 3.63. The number of nitrogens with zero attached hydrogens (tertiary/aromatic N) is 2. The Kier molecular flexibility index (Phi) is 6.14. The second-order valence-electron chi connectivity index (χ2n) is 7.30. The topological polar surface area (TPSA) is 39.0 Å². The van der Waals surface area contributed by atoms with Gasteiger partial charge in [-0.15, -0.1) is 11.8 Å². The minimum atomic E-state index is 0.0674. The molecule has 0 saturated carbocycles. The van der Waals surface area contributed by atoms with Gasteiger partial charge in [-0.3, -0.25) is 9.13 Å². The minimum absolute atomic E-state index is 0.0674. The number of hydrogen-bond acceptors (Lipinski definition) is 3. The smallest absolute Gasteiger partial charge is 0.316 e. The fraction of sp³-hybridized carbons (Fsp3) is 0.409. The van der Waals surface area contributed by atoms with E-state index >= 15 is 0 Å². The average Bonchev–Trinajstić information content (AvgIpc) is 2.87. The van der Waals surface area contributed by atoms with Crippen molar-refractivity contribution in [2.75, 3.05) is 18.8 Å². The SMILES string of the molecule is Cn1c(=O)n(CCCCSc2c(Cl)ccc3c2CCNCC3)c2ccccc21. The van der Waals surface area contributed by atoms with Gasteiger partial charge < -0.3 is 5.32 Å². The van der Waals surface area contributed by atoms with Gasteiger partial charge in [0.2, 0.25) is 0 Å². The number of thioether (sulfide) groups is 1. The molecule has 3 aromatic rings. The first-order valence-corrected chi connectivity index (χ1v) is 11.3. The number of imidazole rings is 1. The lowest BCUT2D eigenvalue weighted by molar-refractivity contribution is 0.617. The first-order chi connectivity index (χ1) is 13.7. The first-order valence-electron chi connectivity index (χ1n) is 9.95. The summed E-state index contributed by atoms with van der Waals surface area (Å²) in [5.41, 5.74) is 4.94. The molecule has 0 spiro atoms. The quantitative estimate of drug-likeness (QED) is 0.483. The van der Waals surface area contributed by atoms with Crippen LogP contribution in [0, 0.1) is 0 Å². The van der Waals surface area contributed by atoms with Gasteiger partial charge >= 0.3 is 5.69 Å². The zero-order valence-corrected chi connectivity index (χ0v) is 17.8. The molecule has 6 heteroatoms. The molecule has 148 valence electrons. The summed E-state index contributed by atoms with van der Waals surface area (Å²) in [6.07, 6.45) is 4.15. The molecule has 1 aliphatic rings. The van der Waals surface area contributed by atoms with E-state index in [0.717, 1.165) is 67.1 Å². The molecule has 0 saturated heterocycles. The summed E-state index contributed by atoms with van der Waals surface area (Å²) >= 11 is 8.39. The highest BCUT2D eigenvalue weighted by Crippen LogP contribution is 2.34. The van der Waals surface area contributed by atoms with E-state index in [4.69, 9.17) is 11.6 Å². The molecule has 4 rings (SSSR count). The molecule has 0 radical (unpaired) electrons. The predicted molar refractivity (Wildman–Crippen MR) is 119 cm³/mol. The minimum Gasteiger partial charge on any atom is -0.316 e. The van der Waals surface area contributed by atoms with Crippen LogP contribution < -0.4 is 11.0 Å². The Bertz CT molecular complexity index is 1040. The van der Waals surface area contributed by atoms with Crippen LogP contribution in [0.15, 0.2) is 46.1 Å². The van der Waals surface area contributed by atoms with E-state index in [1.54, 1.807) is 4.57 Å². The summed E-state index contributed by atoms with van der Waals surface area (Å²) in [4.78, 5) is 13.8. The zero-order chi connectivity index (χ0) is 19.5. The van der Waals surface area contributed by atoms with Gasteiger partial charge in [0, 0.05) is 18.5 Å². The van der Waals surface area contributed by atoms with Crippen molar-refractivity contribution < 1.29 is 0 Å². The van der Waals surface area contributed by atoms with Crippen LogP contribution in [0.1, 0.15) is 24.0 Å². The van der Waals surface area contributed by atoms with E-state index in [1.807, 2.05) is 53.7 Å². The summed E-state index contributed by atoms with van der Waals surface area (Å²) in [5, 5.41) is 4.34. The van der Waals surface area contributed by atoms with Crippen LogP contribution in [-0.2, 0) is 26.4 Å². The van der Waals surface area contributed by atoms with Crippen molar-refractivity contribution in [2.24, 2.45) is 7.05 Å². The fourth-order valence-electron chi connectivity index (χ4n) is 3.99. The number of rotatable bonds is 6. The lowest BCUT2D eigenvalue weighted by Crippen LogP contribution is -2.22. The van der Waals surface area contributed by atoms with Crippen molar-refractivity contribution in [1.29, 1.82) is 0 Å². The van der Waals surface area contributed by atoms with Crippen LogP contribution in [0.3, 0.4) is 0 Å². The van der Waals surface area contributed by atoms with Gasteiger partial charge in [-0.25, -0.2) is 4.79 Å². The fourth-order valence-corrected chi connectivity index (χ4v) is 5.50. The predicted octanol–water partition coefficient (Wildman–Crippen LogP) is 4.25. The molecule has 28 heavy (non-hydrogen) atoms. The molecule has 1 aromatic heterocycles. The van der Waals surface area contributed by atoms with Crippen LogP contribution in [0.4, 0.5) is 0 Å². The number of aryl methyl sites for hydroxylation is 2. The maximum absolute atomic E-state index is 12.5. The van der Waals surface area contributed by atoms with Gasteiger partial charge in [0.1, 0.15) is 0 Å². The molecule has 0 unspecified atom stereocenters. The van der Waals surface area contributed by atoms with Crippen LogP contribution in [0.5, 0.6) is 0 Å². The molecule has 4 nitrogen and oxygen atoms in total. The van der Waals surface area contributed by atoms with Crippen LogP contribution in [-0.4, -0.2) is 28.0 Å². The highest BCUT2D eigenvalue weighted by atomic mass is 35.5. The number of aromatic nitrogens is 2. The third-order valence-corrected chi connectivity index (χ3v) is 7.18. The standard InChI is InChI=1S/C22H26ClN3OS/c1-25-19-6-2-3-7-20(19)26(22(25)27)14-4-5-15-28-21-17-11-13-24-12-10-16(17)8-9-18(21)23/h2-3,6-9,24H,4-5,10-15H2,1H3. The second-order valence-corrected chi connectivity index (χ2v) is 8.81. The lowest BCUT2D eigenvalue weighted by atomic mass is 10.0. The van der Waals surface area contributed by atoms with Gasteiger partial charge in [-0.05, 0) is 73.9 Å². The Morgan fingerprint density at radius 1 is 1.07 bits per heavy atom. The van der Waals surface area contributed by atoms with Crippen molar-refractivity contribution in [2.45, 2.75) is 37.1 Å². The second kappa shape index (κ2) is 8.76. The maximum Gasteiger partial charge on any atom is 0.328 e. The summed E-state index contributed by atoms with van der Waals surface area (Å²) in [6, 6.07) is 12.2. The van der Waals surface area contributed by atoms with E-state index in [-0.39, 0.29) is 5.69 Å². The van der Waals surface area contributed by atoms with E-state index in [1.165, 1.54) is 16.0 Å². The highest BCUT2D eigenvalue weighted by Gasteiger charge is 2.15. The summed E-state index contributed by atoms with van der Waals surface area (Å²) in [6.45, 7) is 2.81. The summed E-state index contributed by atoms with van der Waals surface area (Å²) in [7, 11) is 1.84. The van der Waals surface area contributed by atoms with E-state index in [0.29, 0.717) is 0 Å². The molecule has 0 atom stereocenters. The summed E-state index contributed by atoms with van der Waals surface area (Å²) in [5.74, 6) is 1.02. The normalized spacial score (nSPS) is 14.2. The van der Waals surface area contributed by atoms with Gasteiger partial charge in [-0.1, -0.05) is 29.8 Å². The monoisotopic (exact) mass is 415 g/mol. The van der Waals surface area contributed by atoms with Gasteiger partial charge in [0.25, 0.3) is 0 Å². The van der Waals surface area contributed by atoms with E-state index in [2.05, 4.69) is 11.4 Å². The van der Waals surface area contributed by atoms with Crippen molar-refractivity contribution in [1.82, 2.24) is 14.5 Å². The Labute approximate surface area is 174 Å². The average molecular weight is 416 g/mol. The largest absolute Gasteiger partial charge is 0.328 e. The van der Waals surface area contributed by atoms with Crippen molar-refractivity contribution in [3.63, 3.8) is 0 Å². The Balaban J connectivity index is 1.39. The zero-order valence-electron chi connectivity index (χ0n) is 16.2. The number of para-hydroxylation sites is 2. The number of nitrogens with one attached hydrogen (secondary N) is 1. The Hall–Kier alpha value is -1.69. The molecule has 0 amide bonds. The van der Waals surface area contributed by atoms with Crippen LogP contribution in [0.25, 0.3) is 11.0 Å². The molecular formula is C22H26ClN3OS. The number of benzene rings is 2. The Morgan fingerprint density at radius 2 is 1.86 bits per heavy atom. The number of fused-ring (bicyclic) bond motifs is 2. The number of halogens is 1. The van der Waals surface area contributed by atoms with Crippen LogP contribution in [0.2, 0.25) is 5.02 Å². The van der Waals surface area contributed by atoms with Gasteiger partial charge in [0.05, 0.1) is 16.1 Å². The third kappa shape index (κ3) is 3.88. The molecule has 0 fully saturated rings. The molecule has 0 bridgehead atoms. The van der Waals surface area contributed by atoms with Crippen molar-refractivity contribution in [3.8, 4) is 0 Å². The number of unbranched alkanes of at least 4 members (excludes halogenated alkanes) is 1. The Morgan fingerprint density at radius 3 is 2.71 bits per heavy atom. The number of hydrogen-bond donors (Lipinski definition) is 1. The van der Waals surface area contributed by atoms with Gasteiger partial charge in [0.15, 0.2) is 0 Å². The van der Waals surface area contributed by atoms with Crippen molar-refractivity contribution >= 4 is 34.4 Å². The van der Waals surface area contributed by atoms with Gasteiger partial charge in [-0.2, -0.15) is 0 Å². The van der Waals surface area contributed by atoms with Crippen molar-refractivity contribution in [3.05, 3.63) is 63.0 Å². The molecule has 0 aliphatic carbocycles. The maximum atomic E-state index is 12.5. The lowest BCUT2D eigenvalue weighted by Gasteiger charge is -2.14.